The second-order valence-electron chi connectivity index (χ2n) is 4.64. The van der Waals surface area contributed by atoms with Gasteiger partial charge in [-0.3, -0.25) is 4.79 Å². The maximum absolute atomic E-state index is 11.5. The summed E-state index contributed by atoms with van der Waals surface area (Å²) < 4.78 is 7.04. The molecule has 1 amide bonds. The lowest BCUT2D eigenvalue weighted by Crippen LogP contribution is -2.27. The fourth-order valence-corrected chi connectivity index (χ4v) is 1.65. The number of anilines is 1. The molecule has 0 aliphatic heterocycles. The maximum Gasteiger partial charge on any atom is 0.260 e. The quantitative estimate of drug-likeness (QED) is 0.910. The number of carbonyl (C=O) groups is 1. The fraction of sp³-hybridized carbons (Fsp3) is 0.286. The third-order valence-electron chi connectivity index (χ3n) is 2.96. The average molecular weight is 274 g/mol. The van der Waals surface area contributed by atoms with Crippen LogP contribution in [0.5, 0.6) is 5.88 Å². The Hall–Kier alpha value is -2.50. The van der Waals surface area contributed by atoms with E-state index in [0.717, 1.165) is 11.3 Å². The van der Waals surface area contributed by atoms with Crippen LogP contribution in [0.25, 0.3) is 5.69 Å². The zero-order valence-electron chi connectivity index (χ0n) is 11.8. The van der Waals surface area contributed by atoms with E-state index < -0.39 is 0 Å². The molecular weight excluding hydrogens is 256 g/mol. The molecule has 106 valence electrons. The van der Waals surface area contributed by atoms with Crippen molar-refractivity contribution in [3.8, 4) is 11.6 Å². The number of nitrogens with two attached hydrogens (primary N) is 1. The van der Waals surface area contributed by atoms with Gasteiger partial charge in [0.1, 0.15) is 5.82 Å². The summed E-state index contributed by atoms with van der Waals surface area (Å²) in [5.74, 6) is 0.752. The molecule has 1 aromatic carbocycles. The van der Waals surface area contributed by atoms with Crippen LogP contribution in [0, 0.1) is 6.92 Å². The number of ether oxygens (including phenoxy) is 1. The number of likely N-dealkylation sites (N-methyl/N-ethyl adjacent to an activating group) is 1. The lowest BCUT2D eigenvalue weighted by atomic mass is 10.3. The molecule has 0 unspecified atom stereocenters. The molecule has 0 bridgehead atoms. The van der Waals surface area contributed by atoms with Crippen LogP contribution >= 0.6 is 0 Å². The monoisotopic (exact) mass is 274 g/mol. The van der Waals surface area contributed by atoms with E-state index in [-0.39, 0.29) is 12.5 Å². The highest BCUT2D eigenvalue weighted by Crippen LogP contribution is 2.25. The minimum atomic E-state index is -0.128. The van der Waals surface area contributed by atoms with E-state index in [1.165, 1.54) is 4.90 Å². The second kappa shape index (κ2) is 5.64. The van der Waals surface area contributed by atoms with E-state index >= 15 is 0 Å². The number of para-hydroxylation sites is 1. The van der Waals surface area contributed by atoms with E-state index in [2.05, 4.69) is 5.10 Å². The number of carbonyl (C=O) groups excluding carboxylic acids is 1. The van der Waals surface area contributed by atoms with Gasteiger partial charge in [-0.25, -0.2) is 4.68 Å². The maximum atomic E-state index is 11.5. The molecule has 2 N–H and O–H groups in total. The molecule has 0 spiro atoms. The number of aromatic nitrogens is 2. The Morgan fingerprint density at radius 3 is 2.60 bits per heavy atom. The van der Waals surface area contributed by atoms with E-state index in [0.29, 0.717) is 11.7 Å². The summed E-state index contributed by atoms with van der Waals surface area (Å²) in [6.07, 6.45) is 0. The van der Waals surface area contributed by atoms with Crippen molar-refractivity contribution in [2.75, 3.05) is 26.4 Å². The van der Waals surface area contributed by atoms with E-state index in [1.54, 1.807) is 18.8 Å². The molecule has 20 heavy (non-hydrogen) atoms. The second-order valence-corrected chi connectivity index (χ2v) is 4.64. The summed E-state index contributed by atoms with van der Waals surface area (Å²) in [5.41, 5.74) is 7.60. The summed E-state index contributed by atoms with van der Waals surface area (Å²) in [5, 5.41) is 4.31. The van der Waals surface area contributed by atoms with Gasteiger partial charge in [0.25, 0.3) is 5.91 Å². The van der Waals surface area contributed by atoms with Gasteiger partial charge >= 0.3 is 0 Å². The van der Waals surface area contributed by atoms with Crippen molar-refractivity contribution < 1.29 is 9.53 Å². The fourth-order valence-electron chi connectivity index (χ4n) is 1.65. The van der Waals surface area contributed by atoms with Crippen molar-refractivity contribution in [2.24, 2.45) is 0 Å². The van der Waals surface area contributed by atoms with Crippen molar-refractivity contribution in [3.05, 3.63) is 35.9 Å². The first kappa shape index (κ1) is 13.9. The van der Waals surface area contributed by atoms with Gasteiger partial charge in [0, 0.05) is 14.1 Å². The van der Waals surface area contributed by atoms with E-state index in [9.17, 15) is 4.79 Å². The van der Waals surface area contributed by atoms with Gasteiger partial charge < -0.3 is 15.4 Å². The van der Waals surface area contributed by atoms with Crippen LogP contribution in [0.2, 0.25) is 0 Å². The molecule has 0 radical (unpaired) electrons. The van der Waals surface area contributed by atoms with Crippen LogP contribution < -0.4 is 10.5 Å². The number of hydrogen-bond donors (Lipinski definition) is 1. The Balaban J connectivity index is 2.22. The summed E-state index contributed by atoms with van der Waals surface area (Å²) in [4.78, 5) is 13.0. The molecule has 6 heteroatoms. The topological polar surface area (TPSA) is 73.4 Å². The molecule has 1 heterocycles. The van der Waals surface area contributed by atoms with Gasteiger partial charge in [0.15, 0.2) is 6.61 Å². The molecule has 2 aromatic rings. The Morgan fingerprint density at radius 1 is 1.35 bits per heavy atom. The van der Waals surface area contributed by atoms with Crippen LogP contribution in [0.15, 0.2) is 30.3 Å². The summed E-state index contributed by atoms with van der Waals surface area (Å²) in [6.45, 7) is 1.76. The number of nitrogens with zero attached hydrogens (tertiary/aromatic N) is 3. The summed E-state index contributed by atoms with van der Waals surface area (Å²) >= 11 is 0. The lowest BCUT2D eigenvalue weighted by Gasteiger charge is -2.10. The van der Waals surface area contributed by atoms with Crippen LogP contribution in [0.4, 0.5) is 5.82 Å². The molecular formula is C14H18N4O2. The van der Waals surface area contributed by atoms with Crippen molar-refractivity contribution in [1.29, 1.82) is 0 Å². The van der Waals surface area contributed by atoms with Crippen LogP contribution in [0.3, 0.4) is 0 Å². The predicted molar refractivity (Wildman–Crippen MR) is 76.9 cm³/mol. The Morgan fingerprint density at radius 2 is 2.00 bits per heavy atom. The highest BCUT2D eigenvalue weighted by molar-refractivity contribution is 5.77. The normalized spacial score (nSPS) is 10.3. The first-order valence-electron chi connectivity index (χ1n) is 6.24. The van der Waals surface area contributed by atoms with Crippen LogP contribution in [-0.4, -0.2) is 41.3 Å². The zero-order chi connectivity index (χ0) is 14.7. The van der Waals surface area contributed by atoms with Gasteiger partial charge in [-0.1, -0.05) is 18.2 Å². The van der Waals surface area contributed by atoms with Crippen LogP contribution in [-0.2, 0) is 4.79 Å². The van der Waals surface area contributed by atoms with Crippen molar-refractivity contribution in [2.45, 2.75) is 6.92 Å². The SMILES string of the molecule is Cc1c(OCC(=O)N(C)C)nn(-c2ccccc2)c1N. The number of benzene rings is 1. The van der Waals surface area contributed by atoms with Crippen molar-refractivity contribution in [3.63, 3.8) is 0 Å². The zero-order valence-corrected chi connectivity index (χ0v) is 11.8. The third kappa shape index (κ3) is 2.74. The summed E-state index contributed by atoms with van der Waals surface area (Å²) in [6, 6.07) is 9.53. The largest absolute Gasteiger partial charge is 0.466 e. The molecule has 0 saturated carbocycles. The molecule has 2 rings (SSSR count). The average Bonchev–Trinajstić information content (AvgIpc) is 2.73. The van der Waals surface area contributed by atoms with Gasteiger partial charge in [0.05, 0.1) is 11.3 Å². The standard InChI is InChI=1S/C14H18N4O2/c1-10-13(15)18(11-7-5-4-6-8-11)16-14(10)20-9-12(19)17(2)3/h4-8H,9,15H2,1-3H3. The Kier molecular flexibility index (Phi) is 3.93. The molecule has 0 aliphatic rings. The number of amides is 1. The predicted octanol–water partition coefficient (Wildman–Crippen LogP) is 1.23. The first-order chi connectivity index (χ1) is 9.50. The summed E-state index contributed by atoms with van der Waals surface area (Å²) in [7, 11) is 3.35. The molecule has 0 fully saturated rings. The Bertz CT molecular complexity index is 605. The lowest BCUT2D eigenvalue weighted by molar-refractivity contribution is -0.130. The third-order valence-corrected chi connectivity index (χ3v) is 2.96. The van der Waals surface area contributed by atoms with E-state index in [1.807, 2.05) is 37.3 Å². The van der Waals surface area contributed by atoms with Crippen molar-refractivity contribution in [1.82, 2.24) is 14.7 Å². The Labute approximate surface area is 117 Å². The molecule has 0 saturated heterocycles. The molecule has 6 nitrogen and oxygen atoms in total. The highest BCUT2D eigenvalue weighted by atomic mass is 16.5. The van der Waals surface area contributed by atoms with Crippen LogP contribution in [0.1, 0.15) is 5.56 Å². The smallest absolute Gasteiger partial charge is 0.260 e. The van der Waals surface area contributed by atoms with Gasteiger partial charge in [0.2, 0.25) is 5.88 Å². The van der Waals surface area contributed by atoms with Gasteiger partial charge in [-0.2, -0.15) is 0 Å². The minimum absolute atomic E-state index is 0.0565. The molecule has 0 aliphatic carbocycles. The number of hydrogen-bond acceptors (Lipinski definition) is 4. The molecule has 1 aromatic heterocycles. The van der Waals surface area contributed by atoms with Crippen molar-refractivity contribution >= 4 is 11.7 Å². The van der Waals surface area contributed by atoms with Gasteiger partial charge in [-0.15, -0.1) is 5.10 Å². The van der Waals surface area contributed by atoms with E-state index in [4.69, 9.17) is 10.5 Å². The number of rotatable bonds is 4. The number of nitrogen functional groups attached to an aromatic ring is 1. The highest BCUT2D eigenvalue weighted by Gasteiger charge is 2.15. The van der Waals surface area contributed by atoms with Gasteiger partial charge in [-0.05, 0) is 19.1 Å². The first-order valence-corrected chi connectivity index (χ1v) is 6.24. The molecule has 0 atom stereocenters. The minimum Gasteiger partial charge on any atom is -0.466 e.